The highest BCUT2D eigenvalue weighted by atomic mass is 79.9. The number of benzene rings is 2. The van der Waals surface area contributed by atoms with Gasteiger partial charge in [-0.15, -0.1) is 0 Å². The molecule has 8 nitrogen and oxygen atoms in total. The third kappa shape index (κ3) is 3.14. The van der Waals surface area contributed by atoms with Gasteiger partial charge in [0, 0.05) is 34.7 Å². The zero-order valence-corrected chi connectivity index (χ0v) is 18.1. The zero-order valence-electron chi connectivity index (χ0n) is 16.5. The number of hydrogen-bond donors (Lipinski definition) is 2. The van der Waals surface area contributed by atoms with E-state index in [0.29, 0.717) is 36.9 Å². The smallest absolute Gasteiger partial charge is 0.415 e. The summed E-state index contributed by atoms with van der Waals surface area (Å²) in [5.74, 6) is 1.22. The first kappa shape index (κ1) is 19.1. The van der Waals surface area contributed by atoms with E-state index in [1.54, 1.807) is 12.0 Å². The molecule has 2 N–H and O–H groups in total. The van der Waals surface area contributed by atoms with Gasteiger partial charge in [-0.25, -0.2) is 14.8 Å². The molecule has 1 spiro atoms. The topological polar surface area (TPSA) is 88.6 Å². The molecule has 0 saturated carbocycles. The minimum atomic E-state index is -0.458. The standard InChI is InChI=1S/C21H20BrN5O3/c1-12-5-13(22)3-4-15(12)26-19-14-6-17(18(29-2)7-16(14)24-11-25-19)27-10-21(8-23-9-21)30-20(27)28/h3-7,11,23H,8-10H2,1-2H3,(H,24,25,26). The molecular weight excluding hydrogens is 450 g/mol. The molecule has 2 saturated heterocycles. The summed E-state index contributed by atoms with van der Waals surface area (Å²) in [7, 11) is 1.58. The molecule has 2 aliphatic rings. The Bertz CT molecular complexity index is 1160. The molecule has 0 radical (unpaired) electrons. The second kappa shape index (κ2) is 7.10. The number of halogens is 1. The minimum absolute atomic E-state index is 0.371. The number of carbonyl (C=O) groups is 1. The van der Waals surface area contributed by atoms with Gasteiger partial charge in [-0.05, 0) is 36.8 Å². The molecule has 5 rings (SSSR count). The van der Waals surface area contributed by atoms with E-state index < -0.39 is 5.60 Å². The van der Waals surface area contributed by atoms with Crippen LogP contribution < -0.4 is 20.3 Å². The van der Waals surface area contributed by atoms with E-state index in [0.717, 1.165) is 26.6 Å². The Hall–Kier alpha value is -2.91. The van der Waals surface area contributed by atoms with Crippen molar-refractivity contribution in [3.63, 3.8) is 0 Å². The normalized spacial score (nSPS) is 17.2. The third-order valence-corrected chi connectivity index (χ3v) is 6.03. The van der Waals surface area contributed by atoms with Crippen LogP contribution >= 0.6 is 15.9 Å². The van der Waals surface area contributed by atoms with Crippen LogP contribution in [0.25, 0.3) is 10.9 Å². The Kier molecular flexibility index (Phi) is 4.52. The molecule has 9 heteroatoms. The highest BCUT2D eigenvalue weighted by Crippen LogP contribution is 2.39. The van der Waals surface area contributed by atoms with Gasteiger partial charge in [-0.1, -0.05) is 15.9 Å². The van der Waals surface area contributed by atoms with Crippen molar-refractivity contribution in [3.8, 4) is 5.75 Å². The summed E-state index contributed by atoms with van der Waals surface area (Å²) >= 11 is 3.49. The van der Waals surface area contributed by atoms with Gasteiger partial charge in [0.1, 0.15) is 17.9 Å². The lowest BCUT2D eigenvalue weighted by Crippen LogP contribution is -2.61. The van der Waals surface area contributed by atoms with Crippen LogP contribution in [0, 0.1) is 6.92 Å². The van der Waals surface area contributed by atoms with Crippen LogP contribution in [-0.2, 0) is 4.74 Å². The summed E-state index contributed by atoms with van der Waals surface area (Å²) in [6, 6.07) is 9.70. The first-order valence-corrected chi connectivity index (χ1v) is 10.3. The molecule has 2 aliphatic heterocycles. The van der Waals surface area contributed by atoms with Crippen molar-refractivity contribution in [1.29, 1.82) is 0 Å². The lowest BCUT2D eigenvalue weighted by atomic mass is 9.97. The molecule has 1 aromatic heterocycles. The van der Waals surface area contributed by atoms with Gasteiger partial charge < -0.3 is 20.1 Å². The van der Waals surface area contributed by atoms with E-state index >= 15 is 0 Å². The van der Waals surface area contributed by atoms with Gasteiger partial charge in [0.15, 0.2) is 5.60 Å². The zero-order chi connectivity index (χ0) is 20.9. The van der Waals surface area contributed by atoms with Gasteiger partial charge in [-0.3, -0.25) is 4.90 Å². The maximum absolute atomic E-state index is 12.6. The maximum atomic E-state index is 12.6. The quantitative estimate of drug-likeness (QED) is 0.601. The average Bonchev–Trinajstić information content (AvgIpc) is 3.07. The first-order valence-electron chi connectivity index (χ1n) is 9.55. The Morgan fingerprint density at radius 1 is 1.27 bits per heavy atom. The van der Waals surface area contributed by atoms with Gasteiger partial charge in [0.05, 0.1) is 24.9 Å². The van der Waals surface area contributed by atoms with Crippen molar-refractivity contribution >= 4 is 50.1 Å². The van der Waals surface area contributed by atoms with Gasteiger partial charge in [0.25, 0.3) is 0 Å². The van der Waals surface area contributed by atoms with Crippen molar-refractivity contribution in [1.82, 2.24) is 15.3 Å². The molecule has 154 valence electrons. The summed E-state index contributed by atoms with van der Waals surface area (Å²) in [6.07, 6.45) is 1.14. The van der Waals surface area contributed by atoms with E-state index in [2.05, 4.69) is 36.5 Å². The van der Waals surface area contributed by atoms with Crippen LogP contribution in [0.5, 0.6) is 5.75 Å². The lowest BCUT2D eigenvalue weighted by molar-refractivity contribution is 0.0142. The van der Waals surface area contributed by atoms with Crippen molar-refractivity contribution in [2.24, 2.45) is 0 Å². The maximum Gasteiger partial charge on any atom is 0.415 e. The van der Waals surface area contributed by atoms with Crippen LogP contribution in [0.15, 0.2) is 41.1 Å². The summed E-state index contributed by atoms with van der Waals surface area (Å²) in [6.45, 7) is 3.81. The lowest BCUT2D eigenvalue weighted by Gasteiger charge is -2.36. The SMILES string of the molecule is COc1cc2ncnc(Nc3ccc(Br)cc3C)c2cc1N1CC2(CNC2)OC1=O. The van der Waals surface area contributed by atoms with Gasteiger partial charge >= 0.3 is 6.09 Å². The molecule has 3 heterocycles. The van der Waals surface area contributed by atoms with E-state index in [-0.39, 0.29) is 6.09 Å². The summed E-state index contributed by atoms with van der Waals surface area (Å²) in [4.78, 5) is 23.1. The molecule has 0 aliphatic carbocycles. The minimum Gasteiger partial charge on any atom is -0.494 e. The van der Waals surface area contributed by atoms with Crippen LogP contribution in [0.3, 0.4) is 0 Å². The number of carbonyl (C=O) groups excluding carboxylic acids is 1. The van der Waals surface area contributed by atoms with Crippen molar-refractivity contribution in [3.05, 3.63) is 46.7 Å². The predicted molar refractivity (Wildman–Crippen MR) is 118 cm³/mol. The molecule has 0 atom stereocenters. The molecule has 2 aromatic carbocycles. The Balaban J connectivity index is 1.58. The van der Waals surface area contributed by atoms with Gasteiger partial charge in [-0.2, -0.15) is 0 Å². The van der Waals surface area contributed by atoms with Gasteiger partial charge in [0.2, 0.25) is 0 Å². The number of ether oxygens (including phenoxy) is 2. The van der Waals surface area contributed by atoms with E-state index in [4.69, 9.17) is 9.47 Å². The predicted octanol–water partition coefficient (Wildman–Crippen LogP) is 3.75. The number of rotatable bonds is 4. The summed E-state index contributed by atoms with van der Waals surface area (Å²) in [5.41, 5.74) is 2.92. The molecule has 1 amide bonds. The highest BCUT2D eigenvalue weighted by Gasteiger charge is 2.50. The van der Waals surface area contributed by atoms with Crippen LogP contribution in [0.2, 0.25) is 0 Å². The van der Waals surface area contributed by atoms with E-state index in [1.165, 1.54) is 6.33 Å². The summed E-state index contributed by atoms with van der Waals surface area (Å²) in [5, 5.41) is 7.35. The number of methoxy groups -OCH3 is 1. The number of amides is 1. The van der Waals surface area contributed by atoms with Crippen LogP contribution in [0.1, 0.15) is 5.56 Å². The number of nitrogens with one attached hydrogen (secondary N) is 2. The Labute approximate surface area is 181 Å². The molecule has 0 unspecified atom stereocenters. The van der Waals surface area contributed by atoms with E-state index in [9.17, 15) is 4.79 Å². The number of hydrogen-bond acceptors (Lipinski definition) is 7. The molecule has 30 heavy (non-hydrogen) atoms. The van der Waals surface area contributed by atoms with Crippen LogP contribution in [-0.4, -0.2) is 48.4 Å². The third-order valence-electron chi connectivity index (χ3n) is 5.53. The molecule has 3 aromatic rings. The largest absolute Gasteiger partial charge is 0.494 e. The van der Waals surface area contributed by atoms with E-state index in [1.807, 2.05) is 37.3 Å². The number of anilines is 3. The Morgan fingerprint density at radius 2 is 2.10 bits per heavy atom. The fourth-order valence-electron chi connectivity index (χ4n) is 3.84. The molecule has 2 fully saturated rings. The fraction of sp³-hybridized carbons (Fsp3) is 0.286. The van der Waals surface area contributed by atoms with Crippen LogP contribution in [0.4, 0.5) is 22.0 Å². The first-order chi connectivity index (χ1) is 14.5. The number of nitrogens with zero attached hydrogens (tertiary/aromatic N) is 3. The van der Waals surface area contributed by atoms with Crippen molar-refractivity contribution in [2.45, 2.75) is 12.5 Å². The second-order valence-electron chi connectivity index (χ2n) is 7.59. The highest BCUT2D eigenvalue weighted by molar-refractivity contribution is 9.10. The Morgan fingerprint density at radius 3 is 2.77 bits per heavy atom. The van der Waals surface area contributed by atoms with Crippen molar-refractivity contribution < 1.29 is 14.3 Å². The summed E-state index contributed by atoms with van der Waals surface area (Å²) < 4.78 is 12.2. The number of aromatic nitrogens is 2. The fourth-order valence-corrected chi connectivity index (χ4v) is 4.31. The monoisotopic (exact) mass is 469 g/mol. The number of aryl methyl sites for hydroxylation is 1. The second-order valence-corrected chi connectivity index (χ2v) is 8.50. The average molecular weight is 470 g/mol. The molecule has 0 bridgehead atoms. The number of fused-ring (bicyclic) bond motifs is 1. The molecular formula is C21H20BrN5O3. The van der Waals surface area contributed by atoms with Crippen molar-refractivity contribution in [2.75, 3.05) is 37.0 Å².